The lowest BCUT2D eigenvalue weighted by Crippen LogP contribution is -2.25. The topological polar surface area (TPSA) is 91.2 Å². The van der Waals surface area contributed by atoms with Crippen LogP contribution < -0.4 is 10.2 Å². The molecule has 2 rings (SSSR count). The van der Waals surface area contributed by atoms with Crippen LogP contribution in [0, 0.1) is 0 Å². The van der Waals surface area contributed by atoms with E-state index in [1.54, 1.807) is 48.5 Å². The molecule has 0 saturated carbocycles. The summed E-state index contributed by atoms with van der Waals surface area (Å²) in [7, 11) is 1.44. The van der Waals surface area contributed by atoms with E-state index in [0.717, 1.165) is 0 Å². The van der Waals surface area contributed by atoms with E-state index >= 15 is 0 Å². The number of aliphatic hydroxyl groups is 1. The van der Waals surface area contributed by atoms with Gasteiger partial charge in [-0.1, -0.05) is 36.4 Å². The highest BCUT2D eigenvalue weighted by atomic mass is 16.5. The highest BCUT2D eigenvalue weighted by Crippen LogP contribution is 2.27. The van der Waals surface area contributed by atoms with Crippen molar-refractivity contribution in [3.8, 4) is 11.5 Å². The average Bonchev–Trinajstić information content (AvgIpc) is 2.56. The zero-order chi connectivity index (χ0) is 15.9. The minimum atomic E-state index is -1.31. The van der Waals surface area contributed by atoms with Gasteiger partial charge < -0.3 is 14.9 Å². The van der Waals surface area contributed by atoms with Gasteiger partial charge in [-0.15, -0.1) is 0 Å². The number of ether oxygens (including phenoxy) is 1. The molecular weight excluding hydrogens is 284 g/mol. The van der Waals surface area contributed by atoms with Gasteiger partial charge in [-0.25, -0.2) is 5.43 Å². The minimum Gasteiger partial charge on any atom is -0.504 e. The van der Waals surface area contributed by atoms with Crippen LogP contribution in [0.4, 0.5) is 0 Å². The molecule has 0 fully saturated rings. The molecule has 6 heteroatoms. The summed E-state index contributed by atoms with van der Waals surface area (Å²) in [5.41, 5.74) is 3.08. The van der Waals surface area contributed by atoms with E-state index in [9.17, 15) is 15.0 Å². The van der Waals surface area contributed by atoms with Crippen molar-refractivity contribution in [1.82, 2.24) is 5.43 Å². The Kier molecular flexibility index (Phi) is 5.11. The fourth-order valence-electron chi connectivity index (χ4n) is 1.82. The summed E-state index contributed by atoms with van der Waals surface area (Å²) < 4.78 is 4.97. The molecule has 0 heterocycles. The number of methoxy groups -OCH3 is 1. The lowest BCUT2D eigenvalue weighted by atomic mass is 10.1. The van der Waals surface area contributed by atoms with Gasteiger partial charge in [-0.2, -0.15) is 5.10 Å². The van der Waals surface area contributed by atoms with Crippen molar-refractivity contribution in [2.75, 3.05) is 7.11 Å². The zero-order valence-corrected chi connectivity index (χ0v) is 11.9. The molecule has 0 aliphatic carbocycles. The first-order chi connectivity index (χ1) is 10.6. The summed E-state index contributed by atoms with van der Waals surface area (Å²) >= 11 is 0. The number of nitrogens with one attached hydrogen (secondary N) is 1. The number of rotatable bonds is 5. The van der Waals surface area contributed by atoms with Gasteiger partial charge in [0.15, 0.2) is 17.6 Å². The number of benzene rings is 2. The number of nitrogens with zero attached hydrogens (tertiary/aromatic N) is 1. The maximum Gasteiger partial charge on any atom is 0.273 e. The number of hydrogen-bond donors (Lipinski definition) is 3. The maximum atomic E-state index is 11.8. The van der Waals surface area contributed by atoms with Gasteiger partial charge in [0.05, 0.1) is 13.3 Å². The Balaban J connectivity index is 2.02. The van der Waals surface area contributed by atoms with Crippen molar-refractivity contribution < 1.29 is 19.7 Å². The third-order valence-electron chi connectivity index (χ3n) is 2.99. The summed E-state index contributed by atoms with van der Waals surface area (Å²) in [6.07, 6.45) is -0.0368. The van der Waals surface area contributed by atoms with Crippen molar-refractivity contribution in [3.63, 3.8) is 0 Å². The Morgan fingerprint density at radius 2 is 1.95 bits per heavy atom. The smallest absolute Gasteiger partial charge is 0.273 e. The summed E-state index contributed by atoms with van der Waals surface area (Å²) in [4.78, 5) is 11.8. The Bertz CT molecular complexity index is 671. The second-order valence-corrected chi connectivity index (χ2v) is 4.45. The molecule has 22 heavy (non-hydrogen) atoms. The molecule has 3 N–H and O–H groups in total. The molecule has 114 valence electrons. The van der Waals surface area contributed by atoms with Gasteiger partial charge in [-0.05, 0) is 17.7 Å². The SMILES string of the molecule is COc1cccc(/C=N/NC(=O)[C@H](O)c2ccccc2)c1O. The summed E-state index contributed by atoms with van der Waals surface area (Å²) in [6, 6.07) is 13.4. The maximum absolute atomic E-state index is 11.8. The first-order valence-electron chi connectivity index (χ1n) is 6.55. The normalized spacial score (nSPS) is 12.1. The Morgan fingerprint density at radius 3 is 2.64 bits per heavy atom. The first-order valence-corrected chi connectivity index (χ1v) is 6.55. The number of hydrogen-bond acceptors (Lipinski definition) is 5. The number of para-hydroxylation sites is 1. The van der Waals surface area contributed by atoms with Crippen LogP contribution in [-0.2, 0) is 4.79 Å². The number of amides is 1. The van der Waals surface area contributed by atoms with E-state index in [-0.39, 0.29) is 5.75 Å². The third-order valence-corrected chi connectivity index (χ3v) is 2.99. The van der Waals surface area contributed by atoms with Gasteiger partial charge in [0, 0.05) is 5.56 Å². The van der Waals surface area contributed by atoms with Crippen LogP contribution in [0.25, 0.3) is 0 Å². The van der Waals surface area contributed by atoms with Crippen LogP contribution in [0.1, 0.15) is 17.2 Å². The largest absolute Gasteiger partial charge is 0.504 e. The van der Waals surface area contributed by atoms with Crippen LogP contribution in [0.2, 0.25) is 0 Å². The van der Waals surface area contributed by atoms with Gasteiger partial charge in [0.2, 0.25) is 0 Å². The minimum absolute atomic E-state index is 0.0772. The molecule has 0 radical (unpaired) electrons. The van der Waals surface area contributed by atoms with Crippen molar-refractivity contribution in [2.24, 2.45) is 5.10 Å². The monoisotopic (exact) mass is 300 g/mol. The molecule has 0 aliphatic rings. The van der Waals surface area contributed by atoms with Crippen LogP contribution in [-0.4, -0.2) is 29.4 Å². The van der Waals surface area contributed by atoms with E-state index < -0.39 is 12.0 Å². The van der Waals surface area contributed by atoms with Gasteiger partial charge in [0.25, 0.3) is 5.91 Å². The third kappa shape index (κ3) is 3.62. The predicted molar refractivity (Wildman–Crippen MR) is 81.8 cm³/mol. The lowest BCUT2D eigenvalue weighted by molar-refractivity contribution is -0.129. The van der Waals surface area contributed by atoms with E-state index in [1.165, 1.54) is 13.3 Å². The molecule has 1 atom stereocenters. The van der Waals surface area contributed by atoms with Gasteiger partial charge in [-0.3, -0.25) is 4.79 Å². The van der Waals surface area contributed by atoms with E-state index in [2.05, 4.69) is 10.5 Å². The van der Waals surface area contributed by atoms with E-state index in [0.29, 0.717) is 16.9 Å². The number of hydrazone groups is 1. The number of phenolic OH excluding ortho intramolecular Hbond substituents is 1. The van der Waals surface area contributed by atoms with E-state index in [1.807, 2.05) is 0 Å². The molecule has 0 bridgehead atoms. The number of aromatic hydroxyl groups is 1. The fourth-order valence-corrected chi connectivity index (χ4v) is 1.82. The van der Waals surface area contributed by atoms with Crippen LogP contribution in [0.5, 0.6) is 11.5 Å². The highest BCUT2D eigenvalue weighted by molar-refractivity contribution is 5.87. The Morgan fingerprint density at radius 1 is 1.23 bits per heavy atom. The van der Waals surface area contributed by atoms with Crippen molar-refractivity contribution in [2.45, 2.75) is 6.10 Å². The molecule has 1 amide bonds. The molecule has 6 nitrogen and oxygen atoms in total. The average molecular weight is 300 g/mol. The highest BCUT2D eigenvalue weighted by Gasteiger charge is 2.16. The molecule has 0 spiro atoms. The zero-order valence-electron chi connectivity index (χ0n) is 11.9. The number of carbonyl (C=O) groups is 1. The fraction of sp³-hybridized carbons (Fsp3) is 0.125. The Hall–Kier alpha value is -2.86. The van der Waals surface area contributed by atoms with Gasteiger partial charge >= 0.3 is 0 Å². The van der Waals surface area contributed by atoms with Crippen LogP contribution in [0.3, 0.4) is 0 Å². The predicted octanol–water partition coefficient (Wildman–Crippen LogP) is 1.58. The summed E-state index contributed by atoms with van der Waals surface area (Å²) in [5.74, 6) is -0.434. The van der Waals surface area contributed by atoms with Crippen molar-refractivity contribution >= 4 is 12.1 Å². The van der Waals surface area contributed by atoms with Gasteiger partial charge in [0.1, 0.15) is 0 Å². The number of carbonyl (C=O) groups excluding carboxylic acids is 1. The molecule has 2 aromatic carbocycles. The second kappa shape index (κ2) is 7.24. The molecule has 0 saturated heterocycles. The quantitative estimate of drug-likeness (QED) is 0.577. The van der Waals surface area contributed by atoms with Crippen molar-refractivity contribution in [3.05, 3.63) is 59.7 Å². The molecule has 0 unspecified atom stereocenters. The second-order valence-electron chi connectivity index (χ2n) is 4.45. The van der Waals surface area contributed by atoms with Crippen LogP contribution in [0.15, 0.2) is 53.6 Å². The standard InChI is InChI=1S/C16H16N2O4/c1-22-13-9-5-8-12(14(13)19)10-17-18-16(21)15(20)11-6-3-2-4-7-11/h2-10,15,19-20H,1H3,(H,18,21)/b17-10+/t15-/m1/s1. The summed E-state index contributed by atoms with van der Waals surface area (Å²) in [5, 5.41) is 23.5. The van der Waals surface area contributed by atoms with Crippen molar-refractivity contribution in [1.29, 1.82) is 0 Å². The van der Waals surface area contributed by atoms with E-state index in [4.69, 9.17) is 4.74 Å². The molecule has 0 aromatic heterocycles. The first kappa shape index (κ1) is 15.5. The van der Waals surface area contributed by atoms with Crippen LogP contribution >= 0.6 is 0 Å². The number of phenols is 1. The molecule has 0 aliphatic heterocycles. The molecule has 2 aromatic rings. The summed E-state index contributed by atoms with van der Waals surface area (Å²) in [6.45, 7) is 0. The lowest BCUT2D eigenvalue weighted by Gasteiger charge is -2.08. The Labute approximate surface area is 127 Å². The number of aliphatic hydroxyl groups excluding tert-OH is 1. The molecular formula is C16H16N2O4.